The van der Waals surface area contributed by atoms with Gasteiger partial charge in [0.25, 0.3) is 5.95 Å². The summed E-state index contributed by atoms with van der Waals surface area (Å²) in [6.45, 7) is 1.17. The number of carbonyl (C=O) groups excluding carboxylic acids is 4. The third kappa shape index (κ3) is 15.6. The van der Waals surface area contributed by atoms with Crippen molar-refractivity contribution in [3.63, 3.8) is 0 Å². The zero-order valence-electron chi connectivity index (χ0n) is 33.1. The molecule has 0 fully saturated rings. The Hall–Kier alpha value is -0.275. The molecule has 4 aromatic carbocycles. The molecule has 0 amide bonds. The van der Waals surface area contributed by atoms with Crippen LogP contribution in [0.4, 0.5) is 40.5 Å². The topological polar surface area (TPSA) is 335 Å². The molecule has 0 unspecified atom stereocenters. The molecule has 0 aliphatic carbocycles. The van der Waals surface area contributed by atoms with Gasteiger partial charge in [-0.25, -0.2) is 8.42 Å². The van der Waals surface area contributed by atoms with Crippen LogP contribution in [0.3, 0.4) is 0 Å². The number of carboxylic acid groups (broad SMARTS) is 3. The van der Waals surface area contributed by atoms with Crippen molar-refractivity contribution in [2.75, 3.05) is 16.4 Å². The fraction of sp³-hybridized carbons (Fsp3) is 0. The number of rotatable bonds is 14. The van der Waals surface area contributed by atoms with Gasteiger partial charge in [-0.1, -0.05) is 54.1 Å². The van der Waals surface area contributed by atoms with Crippen molar-refractivity contribution >= 4 is 86.6 Å². The molecule has 62 heavy (non-hydrogen) atoms. The van der Waals surface area contributed by atoms with Gasteiger partial charge in [-0.2, -0.15) is 24.7 Å². The van der Waals surface area contributed by atoms with Gasteiger partial charge in [-0.15, -0.1) is 10.2 Å². The number of nitrogens with two attached hydrogens (primary N) is 1. The molecule has 6 aromatic rings. The van der Waals surface area contributed by atoms with Crippen molar-refractivity contribution in [3.8, 4) is 23.0 Å². The molecule has 2 heterocycles. The van der Waals surface area contributed by atoms with E-state index in [1.165, 1.54) is 12.5 Å². The Morgan fingerprint density at radius 2 is 1.29 bits per heavy atom. The van der Waals surface area contributed by atoms with Crippen molar-refractivity contribution in [2.45, 2.75) is 4.90 Å². The number of anilines is 5. The van der Waals surface area contributed by atoms with E-state index < -0.39 is 61.5 Å². The fourth-order valence-electron chi connectivity index (χ4n) is 4.95. The van der Waals surface area contributed by atoms with Crippen molar-refractivity contribution in [3.05, 3.63) is 107 Å². The summed E-state index contributed by atoms with van der Waals surface area (Å²) in [4.78, 5) is 58.1. The maximum atomic E-state index is 11.7. The quantitative estimate of drug-likeness (QED) is 0.0395. The zero-order chi connectivity index (χ0) is 41.0. The Kier molecular flexibility index (Phi) is 25.9. The summed E-state index contributed by atoms with van der Waals surface area (Å²) < 4.78 is 40.6. The van der Waals surface area contributed by atoms with Crippen molar-refractivity contribution < 1.29 is 287 Å². The van der Waals surface area contributed by atoms with Crippen LogP contribution in [-0.2, 0) is 14.9 Å². The minimum Gasteiger partial charge on any atom is -0.744 e. The summed E-state index contributed by atoms with van der Waals surface area (Å²) in [6, 6.07) is 17.4. The summed E-state index contributed by atoms with van der Waals surface area (Å²) in [5.74, 6) is -6.83. The van der Waals surface area contributed by atoms with E-state index in [4.69, 9.17) is 17.3 Å². The predicted octanol–water partition coefficient (Wildman–Crippen LogP) is -13.7. The Balaban J connectivity index is 0.00000384. The number of nitrogens with zero attached hydrogens (tertiary/aromatic N) is 7. The Bertz CT molecular complexity index is 2740. The fourth-order valence-corrected chi connectivity index (χ4v) is 5.60. The van der Waals surface area contributed by atoms with E-state index in [0.717, 1.165) is 53.2 Å². The van der Waals surface area contributed by atoms with Crippen molar-refractivity contribution in [1.29, 1.82) is 0 Å². The molecule has 0 saturated carbocycles. The molecule has 2 aromatic heterocycles. The van der Waals surface area contributed by atoms with Crippen LogP contribution in [0.15, 0.2) is 100 Å². The first-order valence-corrected chi connectivity index (χ1v) is 17.3. The first-order chi connectivity index (χ1) is 27.1. The summed E-state index contributed by atoms with van der Waals surface area (Å²) >= 11 is 6.21. The number of nitrogens with one attached hydrogen (secondary N) is 2. The summed E-state index contributed by atoms with van der Waals surface area (Å²) in [6.07, 6.45) is 0. The molecule has 0 aliphatic heterocycles. The number of aromatic carboxylic acids is 3. The molecule has 4 N–H and O–H groups in total. The monoisotopic (exact) mass is 988 g/mol. The average molecular weight is 989 g/mol. The largest absolute Gasteiger partial charge is 1.00 e. The van der Waals surface area contributed by atoms with Gasteiger partial charge in [0.2, 0.25) is 11.9 Å². The standard InChI is InChI=1S/C34H22ClN10O11S.4K.Na/c35-24-7-6-23(57(53,54)55)14-25(24)42-43-27-26(16-4-2-1-3-5-16)44-45(28(27)36)34-40-32(37-20-9-17(29(47)48)8-18(10-20)30(49)50)39-33(41-34)38-21-11-19(31(51)52)12-22(13-21)56-15-46;;;;;/h1-14H,36H2,(H,47,48)(H,49,50)(H,51,52)(H,53,54,55)(H2,37,38,39,40,41);;;;;/q-1;5*+1/p-4. The third-order valence-electron chi connectivity index (χ3n) is 7.44. The van der Waals surface area contributed by atoms with E-state index in [1.54, 1.807) is 30.3 Å². The van der Waals surface area contributed by atoms with Gasteiger partial charge in [0.1, 0.15) is 21.5 Å². The average Bonchev–Trinajstić information content (AvgIpc) is 3.49. The molecule has 6 rings (SSSR count). The number of carboxylic acids is 3. The number of halogens is 1. The second-order valence-electron chi connectivity index (χ2n) is 11.3. The number of nitrogen functional groups attached to an aromatic ring is 1. The number of carbonyl (C=O) groups is 3. The van der Waals surface area contributed by atoms with Crippen LogP contribution < -0.4 is 272 Å². The van der Waals surface area contributed by atoms with E-state index in [1.807, 2.05) is 0 Å². The van der Waals surface area contributed by atoms with Crippen LogP contribution in [0.2, 0.25) is 5.02 Å². The zero-order valence-corrected chi connectivity index (χ0v) is 49.1. The second kappa shape index (κ2) is 26.9. The molecule has 28 heteroatoms. The first-order valence-electron chi connectivity index (χ1n) is 15.5. The Labute approximate surface area is 548 Å². The number of aromatic nitrogens is 5. The molecule has 288 valence electrons. The van der Waals surface area contributed by atoms with Crippen LogP contribution in [-0.4, -0.2) is 62.1 Å². The van der Waals surface area contributed by atoms with Crippen LogP contribution in [0.25, 0.3) is 17.2 Å². The molecule has 0 aliphatic rings. The van der Waals surface area contributed by atoms with E-state index in [2.05, 4.69) is 45.6 Å². The third-order valence-corrected chi connectivity index (χ3v) is 8.59. The molecule has 0 radical (unpaired) electrons. The second-order valence-corrected chi connectivity index (χ2v) is 13.0. The van der Waals surface area contributed by atoms with E-state index >= 15 is 0 Å². The minimum absolute atomic E-state index is 0. The smallest absolute Gasteiger partial charge is 0.744 e. The van der Waals surface area contributed by atoms with Gasteiger partial charge in [-0.05, 0) is 64.9 Å². The van der Waals surface area contributed by atoms with Crippen LogP contribution in [0.1, 0.15) is 31.1 Å². The number of hydrogen-bond donors (Lipinski definition) is 3. The molecular weight excluding hydrogens is 971 g/mol. The number of benzene rings is 4. The predicted molar refractivity (Wildman–Crippen MR) is 189 cm³/mol. The van der Waals surface area contributed by atoms with Gasteiger partial charge in [0, 0.05) is 16.9 Å². The molecular formula is C34H18ClK4N10NaO11S. The van der Waals surface area contributed by atoms with Gasteiger partial charge in [0.15, 0.2) is 18.0 Å². The number of ether oxygens (including phenoxy) is 1. The van der Waals surface area contributed by atoms with E-state index in [0.29, 0.717) is 5.56 Å². The minimum atomic E-state index is -4.90. The molecule has 21 nitrogen and oxygen atoms in total. The molecule has 0 atom stereocenters. The summed E-state index contributed by atoms with van der Waals surface area (Å²) in [5.41, 5.74) is 4.89. The van der Waals surface area contributed by atoms with Gasteiger partial charge in [-0.3, -0.25) is 0 Å². The maximum Gasteiger partial charge on any atom is 1.00 e. The SMILES string of the molecule is Nc1c(N=Nc2cc(S(=O)(=O)[O-])ccc2Cl)c(-c2ccccc2)nn1-c1nc(Nc2cc(O[C-]=O)cc(C(=O)[O-])c2)nc(Nc2cc(C(=O)[O-])cc(C(=O)[O-])c2)n1.[K+].[K+].[K+].[K+].[Na+]. The Morgan fingerprint density at radius 3 is 1.81 bits per heavy atom. The van der Waals surface area contributed by atoms with Crippen LogP contribution in [0, 0.1) is 0 Å². The van der Waals surface area contributed by atoms with Crippen molar-refractivity contribution in [2.24, 2.45) is 10.2 Å². The summed E-state index contributed by atoms with van der Waals surface area (Å²) in [5, 5.41) is 53.0. The molecule has 0 spiro atoms. The maximum absolute atomic E-state index is 11.7. The van der Waals surface area contributed by atoms with Crippen LogP contribution in [0.5, 0.6) is 5.75 Å². The van der Waals surface area contributed by atoms with Crippen LogP contribution >= 0.6 is 11.6 Å². The normalized spacial score (nSPS) is 10.4. The number of hydrogen-bond acceptors (Lipinski definition) is 20. The van der Waals surface area contributed by atoms with Crippen molar-refractivity contribution in [1.82, 2.24) is 24.7 Å². The van der Waals surface area contributed by atoms with Gasteiger partial charge < -0.3 is 60.2 Å². The van der Waals surface area contributed by atoms with E-state index in [-0.39, 0.29) is 286 Å². The summed E-state index contributed by atoms with van der Waals surface area (Å²) in [7, 11) is -4.90. The Morgan fingerprint density at radius 1 is 0.758 bits per heavy atom. The number of azo groups is 1. The first kappa shape index (κ1) is 59.7. The molecule has 0 saturated heterocycles. The molecule has 0 bridgehead atoms. The van der Waals surface area contributed by atoms with Gasteiger partial charge in [0.05, 0.1) is 27.8 Å². The van der Waals surface area contributed by atoms with E-state index in [9.17, 15) is 47.5 Å². The van der Waals surface area contributed by atoms with Gasteiger partial charge >= 0.3 is 235 Å².